The van der Waals surface area contributed by atoms with E-state index in [1.165, 1.54) is 10.9 Å². The number of hydrogen-bond donors (Lipinski definition) is 8. The van der Waals surface area contributed by atoms with Gasteiger partial charge in [0, 0.05) is 6.54 Å². The van der Waals surface area contributed by atoms with Crippen molar-refractivity contribution in [3.63, 3.8) is 0 Å². The van der Waals surface area contributed by atoms with Crippen molar-refractivity contribution < 1.29 is 50.0 Å². The quantitative estimate of drug-likeness (QED) is 0.114. The lowest BCUT2D eigenvalue weighted by molar-refractivity contribution is -0.225. The van der Waals surface area contributed by atoms with Gasteiger partial charge in [-0.05, 0) is 13.8 Å². The normalized spacial score (nSPS) is 33.5. The first-order valence-corrected chi connectivity index (χ1v) is 14.7. The number of carbonyl (C=O) groups is 1. The maximum atomic E-state index is 13.3. The minimum absolute atomic E-state index is 0.00334. The van der Waals surface area contributed by atoms with Crippen molar-refractivity contribution in [2.75, 3.05) is 18.5 Å². The van der Waals surface area contributed by atoms with E-state index in [0.717, 1.165) is 22.7 Å². The summed E-state index contributed by atoms with van der Waals surface area (Å²) in [6.45, 7) is 2.83. The zero-order valence-electron chi connectivity index (χ0n) is 22.5. The summed E-state index contributed by atoms with van der Waals surface area (Å²) in [6, 6.07) is 0. The highest BCUT2D eigenvalue weighted by Crippen LogP contribution is 2.31. The van der Waals surface area contributed by atoms with Crippen molar-refractivity contribution in [3.05, 3.63) is 27.8 Å². The largest absolute Gasteiger partial charge is 0.394 e. The second-order valence-electron chi connectivity index (χ2n) is 10.2. The molecule has 5 heterocycles. The topological polar surface area (TPSA) is 246 Å². The molecule has 230 valence electrons. The van der Waals surface area contributed by atoms with Crippen LogP contribution >= 0.6 is 22.7 Å². The molecule has 2 aliphatic heterocycles. The highest BCUT2D eigenvalue weighted by Gasteiger charge is 2.43. The minimum Gasteiger partial charge on any atom is -0.394 e. The molecule has 0 saturated carbocycles. The van der Waals surface area contributed by atoms with Gasteiger partial charge in [-0.15, -0.1) is 16.4 Å². The first-order chi connectivity index (χ1) is 20.0. The van der Waals surface area contributed by atoms with Crippen LogP contribution in [-0.4, -0.2) is 141 Å². The van der Waals surface area contributed by atoms with Crippen molar-refractivity contribution in [3.8, 4) is 10.7 Å². The van der Waals surface area contributed by atoms with Crippen molar-refractivity contribution >= 4 is 33.6 Å². The number of hydrogen-bond acceptors (Lipinski definition) is 17. The molecule has 5 rings (SSSR count). The van der Waals surface area contributed by atoms with Crippen LogP contribution in [0.5, 0.6) is 0 Å². The van der Waals surface area contributed by atoms with Gasteiger partial charge in [0.15, 0.2) is 5.13 Å². The van der Waals surface area contributed by atoms with Gasteiger partial charge in [-0.1, -0.05) is 16.6 Å². The van der Waals surface area contributed by atoms with Gasteiger partial charge in [-0.2, -0.15) is 0 Å². The number of rotatable bonds is 9. The van der Waals surface area contributed by atoms with E-state index >= 15 is 0 Å². The van der Waals surface area contributed by atoms with Crippen LogP contribution in [0.4, 0.5) is 5.13 Å². The number of thiazole rings is 2. The van der Waals surface area contributed by atoms with Gasteiger partial charge in [0.05, 0.1) is 47.1 Å². The number of aliphatic hydroxyl groups excluding tert-OH is 7. The predicted molar refractivity (Wildman–Crippen MR) is 146 cm³/mol. The Balaban J connectivity index is 1.22. The van der Waals surface area contributed by atoms with Crippen molar-refractivity contribution in [1.82, 2.24) is 25.0 Å². The van der Waals surface area contributed by atoms with E-state index in [4.69, 9.17) is 9.47 Å². The van der Waals surface area contributed by atoms with Crippen LogP contribution < -0.4 is 5.32 Å². The van der Waals surface area contributed by atoms with Crippen LogP contribution in [-0.2, 0) is 16.0 Å². The third-order valence-corrected chi connectivity index (χ3v) is 9.39. The van der Waals surface area contributed by atoms with Gasteiger partial charge in [0.25, 0.3) is 0 Å². The number of aryl methyl sites for hydroxylation is 1. The molecule has 0 radical (unpaired) electrons. The van der Waals surface area contributed by atoms with Gasteiger partial charge < -0.3 is 50.5 Å². The third-order valence-electron chi connectivity index (χ3n) is 7.25. The van der Waals surface area contributed by atoms with Crippen LogP contribution in [0.15, 0.2) is 12.4 Å². The summed E-state index contributed by atoms with van der Waals surface area (Å²) in [5.41, 5.74) is 0.878. The molecule has 1 unspecified atom stereocenters. The second-order valence-corrected chi connectivity index (χ2v) is 12.2. The molecule has 8 N–H and O–H groups in total. The molecule has 0 bridgehead atoms. The fraction of sp³-hybridized carbons (Fsp3) is 0.625. The molecular weight excluding hydrogens is 596 g/mol. The SMILES string of the molecule is Cc1nc(-c2cn(C[C@H]3OC(C)[C@@H](O)[C@@H](O)[C@@H]3O)nn2)sc1C(=O)c1cnc(NC[C@H]2O[C@H](CO)[C@@H](O)[C@H](O)[C@@H]2O)s1. The fourth-order valence-corrected chi connectivity index (χ4v) is 6.59. The molecule has 3 aromatic rings. The first-order valence-electron chi connectivity index (χ1n) is 13.1. The maximum absolute atomic E-state index is 13.3. The highest BCUT2D eigenvalue weighted by atomic mass is 32.1. The molecule has 2 aliphatic rings. The van der Waals surface area contributed by atoms with E-state index in [1.54, 1.807) is 20.0 Å². The van der Waals surface area contributed by atoms with E-state index in [1.807, 2.05) is 0 Å². The van der Waals surface area contributed by atoms with Crippen molar-refractivity contribution in [1.29, 1.82) is 0 Å². The zero-order valence-corrected chi connectivity index (χ0v) is 24.1. The Bertz CT molecular complexity index is 1380. The van der Waals surface area contributed by atoms with Gasteiger partial charge in [-0.25, -0.2) is 14.6 Å². The molecule has 2 saturated heterocycles. The Hall–Kier alpha value is -2.49. The Morgan fingerprint density at radius 3 is 2.40 bits per heavy atom. The predicted octanol–water partition coefficient (Wildman–Crippen LogP) is -2.48. The number of nitrogens with zero attached hydrogens (tertiary/aromatic N) is 5. The Morgan fingerprint density at radius 1 is 0.976 bits per heavy atom. The zero-order chi connectivity index (χ0) is 30.3. The van der Waals surface area contributed by atoms with Gasteiger partial charge in [0.1, 0.15) is 65.6 Å². The molecule has 0 aromatic carbocycles. The number of aliphatic hydroxyl groups is 7. The lowest BCUT2D eigenvalue weighted by Crippen LogP contribution is -2.60. The van der Waals surface area contributed by atoms with Crippen LogP contribution in [0.25, 0.3) is 10.7 Å². The van der Waals surface area contributed by atoms with Gasteiger partial charge in [0.2, 0.25) is 5.78 Å². The van der Waals surface area contributed by atoms with E-state index in [-0.39, 0.29) is 18.9 Å². The van der Waals surface area contributed by atoms with Gasteiger partial charge >= 0.3 is 0 Å². The van der Waals surface area contributed by atoms with Crippen molar-refractivity contribution in [2.24, 2.45) is 0 Å². The number of anilines is 1. The van der Waals surface area contributed by atoms with Crippen molar-refractivity contribution in [2.45, 2.75) is 81.4 Å². The number of ether oxygens (including phenoxy) is 2. The van der Waals surface area contributed by atoms with E-state index in [2.05, 4.69) is 25.6 Å². The van der Waals surface area contributed by atoms with Crippen LogP contribution in [0, 0.1) is 6.92 Å². The average Bonchev–Trinajstić information content (AvgIpc) is 3.73. The Morgan fingerprint density at radius 2 is 1.67 bits per heavy atom. The highest BCUT2D eigenvalue weighted by molar-refractivity contribution is 7.20. The number of ketones is 1. The standard InChI is InChI=1S/C24H32N6O10S2/c1-8-22(19(36)14-4-26-24(41-14)25-3-11-16(33)21(38)18(35)13(7-31)40-11)42-23(27-8)10-5-30(29-28-10)6-12-17(34)20(37)15(32)9(2)39-12/h4-5,9,11-13,15-18,20-21,31-35,37-38H,3,6-7H2,1-2H3,(H,25,26)/t9?,11-,12-,13-,15-,16-,17-,18-,20-,21-/m1/s1. The monoisotopic (exact) mass is 628 g/mol. The Labute approximate surface area is 246 Å². The van der Waals surface area contributed by atoms with Crippen LogP contribution in [0.1, 0.15) is 27.2 Å². The molecule has 0 aliphatic carbocycles. The van der Waals surface area contributed by atoms with Crippen LogP contribution in [0.3, 0.4) is 0 Å². The molecule has 18 heteroatoms. The third kappa shape index (κ3) is 6.10. The Kier molecular flexibility index (Phi) is 9.30. The van der Waals surface area contributed by atoms with Crippen LogP contribution in [0.2, 0.25) is 0 Å². The molecule has 10 atom stereocenters. The summed E-state index contributed by atoms with van der Waals surface area (Å²) >= 11 is 2.20. The summed E-state index contributed by atoms with van der Waals surface area (Å²) in [6.07, 6.45) is -8.67. The minimum atomic E-state index is -1.49. The van der Waals surface area contributed by atoms with E-state index in [9.17, 15) is 40.5 Å². The second kappa shape index (κ2) is 12.6. The van der Waals surface area contributed by atoms with Gasteiger partial charge in [-0.3, -0.25) is 4.79 Å². The number of aromatic nitrogens is 5. The first kappa shape index (κ1) is 31.0. The lowest BCUT2D eigenvalue weighted by Gasteiger charge is -2.40. The molecule has 16 nitrogen and oxygen atoms in total. The summed E-state index contributed by atoms with van der Waals surface area (Å²) in [7, 11) is 0. The summed E-state index contributed by atoms with van der Waals surface area (Å²) < 4.78 is 12.5. The van der Waals surface area contributed by atoms with E-state index in [0.29, 0.717) is 31.3 Å². The molecular formula is C24H32N6O10S2. The fourth-order valence-electron chi connectivity index (χ4n) is 4.78. The maximum Gasteiger partial charge on any atom is 0.216 e. The number of nitrogens with one attached hydrogen (secondary N) is 1. The average molecular weight is 629 g/mol. The molecule has 42 heavy (non-hydrogen) atoms. The lowest BCUT2D eigenvalue weighted by atomic mass is 9.95. The smallest absolute Gasteiger partial charge is 0.216 e. The molecule has 3 aromatic heterocycles. The summed E-state index contributed by atoms with van der Waals surface area (Å²) in [4.78, 5) is 22.6. The summed E-state index contributed by atoms with van der Waals surface area (Å²) in [5.74, 6) is -0.303. The molecule has 0 amide bonds. The molecule has 2 fully saturated rings. The molecule has 0 spiro atoms. The number of carbonyl (C=O) groups excluding carboxylic acids is 1. The summed E-state index contributed by atoms with van der Waals surface area (Å²) in [5, 5.41) is 81.6. The van der Waals surface area contributed by atoms with E-state index < -0.39 is 67.6 Å².